The lowest BCUT2D eigenvalue weighted by atomic mass is 10.0. The largest absolute Gasteiger partial charge is 0.326 e. The van der Waals surface area contributed by atoms with E-state index < -0.39 is 10.0 Å². The first kappa shape index (κ1) is 20.8. The SMILES string of the molecule is Cc1cc(C)c(CCC(=O)c2cn(S(=O)(=O)c3ccccc3)c3ccccc23)c(=O)[nH]1. The Morgan fingerprint density at radius 1 is 1.00 bits per heavy atom. The average Bonchev–Trinajstić information content (AvgIpc) is 3.14. The molecule has 4 rings (SSSR count). The summed E-state index contributed by atoms with van der Waals surface area (Å²) in [5, 5.41) is 0.571. The molecule has 7 heteroatoms. The molecule has 0 fully saturated rings. The number of H-pyrrole nitrogens is 1. The lowest BCUT2D eigenvalue weighted by molar-refractivity contribution is 0.0984. The number of rotatable bonds is 6. The summed E-state index contributed by atoms with van der Waals surface area (Å²) < 4.78 is 27.5. The van der Waals surface area contributed by atoms with E-state index in [4.69, 9.17) is 0 Å². The minimum absolute atomic E-state index is 0.104. The topological polar surface area (TPSA) is 89.0 Å². The second-order valence-electron chi connectivity index (χ2n) is 7.54. The number of nitrogens with zero attached hydrogens (tertiary/aromatic N) is 1. The summed E-state index contributed by atoms with van der Waals surface area (Å²) in [7, 11) is -3.85. The van der Waals surface area contributed by atoms with Gasteiger partial charge in [-0.05, 0) is 50.1 Å². The molecule has 0 saturated heterocycles. The van der Waals surface area contributed by atoms with Crippen LogP contribution in [0.2, 0.25) is 0 Å². The summed E-state index contributed by atoms with van der Waals surface area (Å²) in [5.74, 6) is -0.211. The molecule has 4 aromatic rings. The molecule has 2 heterocycles. The van der Waals surface area contributed by atoms with Crippen molar-refractivity contribution in [3.63, 3.8) is 0 Å². The maximum atomic E-state index is 13.2. The molecular formula is C24H22N2O4S. The number of aromatic nitrogens is 2. The van der Waals surface area contributed by atoms with Crippen molar-refractivity contribution in [1.82, 2.24) is 8.96 Å². The fourth-order valence-electron chi connectivity index (χ4n) is 3.84. The summed E-state index contributed by atoms with van der Waals surface area (Å²) in [6, 6.07) is 16.9. The number of nitrogens with one attached hydrogen (secondary N) is 1. The van der Waals surface area contributed by atoms with Crippen LogP contribution in [-0.4, -0.2) is 23.2 Å². The van der Waals surface area contributed by atoms with Gasteiger partial charge in [0.1, 0.15) is 0 Å². The van der Waals surface area contributed by atoms with Crippen LogP contribution in [0.15, 0.2) is 76.6 Å². The quantitative estimate of drug-likeness (QED) is 0.465. The summed E-state index contributed by atoms with van der Waals surface area (Å²) >= 11 is 0. The summed E-state index contributed by atoms with van der Waals surface area (Å²) in [5.41, 5.74) is 2.75. The molecule has 0 aliphatic carbocycles. The highest BCUT2D eigenvalue weighted by molar-refractivity contribution is 7.90. The van der Waals surface area contributed by atoms with Gasteiger partial charge in [0, 0.05) is 34.8 Å². The maximum absolute atomic E-state index is 13.2. The van der Waals surface area contributed by atoms with Gasteiger partial charge in [-0.2, -0.15) is 0 Å². The maximum Gasteiger partial charge on any atom is 0.268 e. The number of hydrogen-bond donors (Lipinski definition) is 1. The van der Waals surface area contributed by atoms with Crippen LogP contribution in [-0.2, 0) is 16.4 Å². The van der Waals surface area contributed by atoms with E-state index in [1.165, 1.54) is 18.3 Å². The first-order valence-corrected chi connectivity index (χ1v) is 11.4. The summed E-state index contributed by atoms with van der Waals surface area (Å²) in [4.78, 5) is 28.3. The van der Waals surface area contributed by atoms with Gasteiger partial charge in [0.15, 0.2) is 5.78 Å². The van der Waals surface area contributed by atoms with Gasteiger partial charge in [0.2, 0.25) is 0 Å². The van der Waals surface area contributed by atoms with Crippen LogP contribution >= 0.6 is 0 Å². The number of Topliss-reactive ketones (excluding diaryl/α,β-unsaturated/α-hetero) is 1. The van der Waals surface area contributed by atoms with Gasteiger partial charge in [-0.3, -0.25) is 9.59 Å². The molecule has 6 nitrogen and oxygen atoms in total. The highest BCUT2D eigenvalue weighted by Crippen LogP contribution is 2.27. The third-order valence-electron chi connectivity index (χ3n) is 5.37. The van der Waals surface area contributed by atoms with E-state index in [-0.39, 0.29) is 29.1 Å². The van der Waals surface area contributed by atoms with Gasteiger partial charge < -0.3 is 4.98 Å². The van der Waals surface area contributed by atoms with Gasteiger partial charge >= 0.3 is 0 Å². The normalized spacial score (nSPS) is 11.7. The molecule has 0 bridgehead atoms. The van der Waals surface area contributed by atoms with E-state index in [9.17, 15) is 18.0 Å². The minimum atomic E-state index is -3.85. The Kier molecular flexibility index (Phi) is 5.37. The molecule has 2 aromatic heterocycles. The van der Waals surface area contributed by atoms with Gasteiger partial charge in [-0.15, -0.1) is 0 Å². The van der Waals surface area contributed by atoms with Crippen molar-refractivity contribution in [3.8, 4) is 0 Å². The number of carbonyl (C=O) groups is 1. The van der Waals surface area contributed by atoms with Crippen molar-refractivity contribution in [2.45, 2.75) is 31.6 Å². The van der Waals surface area contributed by atoms with Crippen LogP contribution in [0, 0.1) is 13.8 Å². The Hall–Kier alpha value is -3.45. The first-order valence-electron chi connectivity index (χ1n) is 9.92. The van der Waals surface area contributed by atoms with Crippen molar-refractivity contribution < 1.29 is 13.2 Å². The molecule has 0 radical (unpaired) electrons. The van der Waals surface area contributed by atoms with E-state index in [2.05, 4.69) is 4.98 Å². The van der Waals surface area contributed by atoms with Gasteiger partial charge in [0.05, 0.1) is 10.4 Å². The number of fused-ring (bicyclic) bond motifs is 1. The average molecular weight is 435 g/mol. The Labute approximate surface area is 180 Å². The van der Waals surface area contributed by atoms with E-state index in [0.717, 1.165) is 15.2 Å². The zero-order valence-electron chi connectivity index (χ0n) is 17.3. The zero-order chi connectivity index (χ0) is 22.2. The van der Waals surface area contributed by atoms with Crippen molar-refractivity contribution in [2.75, 3.05) is 0 Å². The molecule has 0 saturated carbocycles. The van der Waals surface area contributed by atoms with Gasteiger partial charge in [0.25, 0.3) is 15.6 Å². The van der Waals surface area contributed by atoms with Crippen molar-refractivity contribution in [2.24, 2.45) is 0 Å². The van der Waals surface area contributed by atoms with Crippen LogP contribution in [0.3, 0.4) is 0 Å². The number of aromatic amines is 1. The van der Waals surface area contributed by atoms with E-state index in [1.54, 1.807) is 42.5 Å². The van der Waals surface area contributed by atoms with Crippen LogP contribution in [0.5, 0.6) is 0 Å². The van der Waals surface area contributed by atoms with Crippen LogP contribution < -0.4 is 5.56 Å². The number of hydrogen-bond acceptors (Lipinski definition) is 4. The Morgan fingerprint density at radius 2 is 1.68 bits per heavy atom. The second-order valence-corrected chi connectivity index (χ2v) is 9.35. The fraction of sp³-hybridized carbons (Fsp3) is 0.167. The Morgan fingerprint density at radius 3 is 2.39 bits per heavy atom. The number of aryl methyl sites for hydroxylation is 2. The Bertz CT molecular complexity index is 1450. The fourth-order valence-corrected chi connectivity index (χ4v) is 5.23. The van der Waals surface area contributed by atoms with Crippen molar-refractivity contribution in [3.05, 3.63) is 99.6 Å². The predicted octanol–water partition coefficient (Wildman–Crippen LogP) is 4.00. The van der Waals surface area contributed by atoms with Crippen LogP contribution in [0.4, 0.5) is 0 Å². The van der Waals surface area contributed by atoms with Crippen LogP contribution in [0.1, 0.15) is 33.6 Å². The molecule has 1 N–H and O–H groups in total. The molecule has 0 unspecified atom stereocenters. The van der Waals surface area contributed by atoms with E-state index >= 15 is 0 Å². The molecule has 2 aromatic carbocycles. The van der Waals surface area contributed by atoms with E-state index in [1.807, 2.05) is 19.9 Å². The van der Waals surface area contributed by atoms with Gasteiger partial charge in [-0.1, -0.05) is 36.4 Å². The number of ketones is 1. The molecule has 31 heavy (non-hydrogen) atoms. The lowest BCUT2D eigenvalue weighted by Gasteiger charge is -2.07. The molecule has 0 aliphatic heterocycles. The highest BCUT2D eigenvalue weighted by Gasteiger charge is 2.23. The summed E-state index contributed by atoms with van der Waals surface area (Å²) in [6.45, 7) is 3.66. The predicted molar refractivity (Wildman–Crippen MR) is 120 cm³/mol. The van der Waals surface area contributed by atoms with Gasteiger partial charge in [-0.25, -0.2) is 12.4 Å². The van der Waals surface area contributed by atoms with E-state index in [0.29, 0.717) is 22.0 Å². The highest BCUT2D eigenvalue weighted by atomic mass is 32.2. The monoisotopic (exact) mass is 434 g/mol. The van der Waals surface area contributed by atoms with Crippen LogP contribution in [0.25, 0.3) is 10.9 Å². The zero-order valence-corrected chi connectivity index (χ0v) is 18.1. The molecule has 0 amide bonds. The minimum Gasteiger partial charge on any atom is -0.326 e. The number of pyridine rings is 1. The molecule has 0 atom stereocenters. The van der Waals surface area contributed by atoms with Crippen molar-refractivity contribution in [1.29, 1.82) is 0 Å². The Balaban J connectivity index is 1.73. The molecular weight excluding hydrogens is 412 g/mol. The molecule has 158 valence electrons. The first-order chi connectivity index (χ1) is 14.8. The molecule has 0 aliphatic rings. The lowest BCUT2D eigenvalue weighted by Crippen LogP contribution is -2.17. The molecule has 0 spiro atoms. The van der Waals surface area contributed by atoms with Crippen molar-refractivity contribution >= 4 is 26.7 Å². The second kappa shape index (κ2) is 8.00. The standard InChI is InChI=1S/C24H22N2O4S/c1-16-14-17(2)25-24(28)19(16)12-13-23(27)21-15-26(22-11-7-6-10-20(21)22)31(29,30)18-8-4-3-5-9-18/h3-11,14-15H,12-13H2,1-2H3,(H,25,28). The number of para-hydroxylation sites is 1. The number of benzene rings is 2. The third-order valence-corrected chi connectivity index (χ3v) is 7.06. The number of carbonyl (C=O) groups excluding carboxylic acids is 1. The smallest absolute Gasteiger partial charge is 0.268 e. The summed E-state index contributed by atoms with van der Waals surface area (Å²) in [6.07, 6.45) is 1.78. The third kappa shape index (κ3) is 3.84.